The number of aryl methyl sites for hydroxylation is 1. The van der Waals surface area contributed by atoms with Crippen LogP contribution < -0.4 is 10.6 Å². The van der Waals surface area contributed by atoms with E-state index in [-0.39, 0.29) is 30.0 Å². The zero-order chi connectivity index (χ0) is 18.0. The predicted octanol–water partition coefficient (Wildman–Crippen LogP) is 2.32. The summed E-state index contributed by atoms with van der Waals surface area (Å²) in [5.41, 5.74) is 2.89. The van der Waals surface area contributed by atoms with Gasteiger partial charge in [0, 0.05) is 24.9 Å². The Kier molecular flexibility index (Phi) is 4.94. The Morgan fingerprint density at radius 3 is 2.96 bits per heavy atom. The van der Waals surface area contributed by atoms with Gasteiger partial charge in [0.25, 0.3) is 0 Å². The van der Waals surface area contributed by atoms with E-state index in [9.17, 15) is 9.90 Å². The number of amides is 2. The van der Waals surface area contributed by atoms with Crippen LogP contribution in [0.15, 0.2) is 30.5 Å². The number of carbonyl (C=O) groups excluding carboxylic acids is 1. The quantitative estimate of drug-likeness (QED) is 0.794. The Balaban J connectivity index is 1.63. The molecule has 1 fully saturated rings. The molecule has 25 heavy (non-hydrogen) atoms. The van der Waals surface area contributed by atoms with Crippen molar-refractivity contribution >= 4 is 6.03 Å². The van der Waals surface area contributed by atoms with E-state index in [0.717, 1.165) is 23.2 Å². The maximum Gasteiger partial charge on any atom is 0.315 e. The van der Waals surface area contributed by atoms with Crippen LogP contribution >= 0.6 is 0 Å². The van der Waals surface area contributed by atoms with Crippen molar-refractivity contribution in [3.8, 4) is 5.75 Å². The number of nitrogens with zero attached hydrogens (tertiary/aromatic N) is 2. The zero-order valence-electron chi connectivity index (χ0n) is 14.7. The van der Waals surface area contributed by atoms with Gasteiger partial charge in [-0.15, -0.1) is 0 Å². The second-order valence-corrected chi connectivity index (χ2v) is 6.43. The molecule has 1 aliphatic heterocycles. The lowest BCUT2D eigenvalue weighted by atomic mass is 10.0. The summed E-state index contributed by atoms with van der Waals surface area (Å²) in [6.45, 7) is 4.47. The highest BCUT2D eigenvalue weighted by molar-refractivity contribution is 5.75. The summed E-state index contributed by atoms with van der Waals surface area (Å²) >= 11 is 0. The molecular weight excluding hydrogens is 320 g/mol. The van der Waals surface area contributed by atoms with Crippen LogP contribution in [0.2, 0.25) is 0 Å². The highest BCUT2D eigenvalue weighted by Crippen LogP contribution is 2.31. The van der Waals surface area contributed by atoms with Crippen LogP contribution in [-0.4, -0.2) is 33.6 Å². The van der Waals surface area contributed by atoms with Gasteiger partial charge in [-0.3, -0.25) is 4.68 Å². The van der Waals surface area contributed by atoms with Crippen molar-refractivity contribution in [2.24, 2.45) is 7.05 Å². The number of benzene rings is 1. The maximum atomic E-state index is 12.4. The lowest BCUT2D eigenvalue weighted by Crippen LogP contribution is -2.44. The smallest absolute Gasteiger partial charge is 0.315 e. The molecule has 2 aromatic rings. The fourth-order valence-electron chi connectivity index (χ4n) is 3.12. The Morgan fingerprint density at radius 2 is 2.28 bits per heavy atom. The summed E-state index contributed by atoms with van der Waals surface area (Å²) in [5.74, 6) is 0.183. The average molecular weight is 344 g/mol. The molecule has 0 aliphatic carbocycles. The molecule has 0 unspecified atom stereocenters. The molecule has 0 bridgehead atoms. The van der Waals surface area contributed by atoms with Crippen LogP contribution in [0.1, 0.15) is 42.3 Å². The Hall–Kier alpha value is -2.54. The first kappa shape index (κ1) is 17.3. The van der Waals surface area contributed by atoms with Gasteiger partial charge in [-0.1, -0.05) is 12.1 Å². The van der Waals surface area contributed by atoms with Crippen molar-refractivity contribution in [3.63, 3.8) is 0 Å². The standard InChI is InChI=1S/C18H24N4O3/c1-11(13-5-4-6-14(23)9-13)20-18(24)21-16-7-8-25-17(16)15-10-19-22(3)12(15)2/h4-6,9-11,16-17,23H,7-8H2,1-3H3,(H2,20,21,24)/t11-,16+,17-/m1/s1. The second kappa shape index (κ2) is 7.14. The molecule has 3 atom stereocenters. The number of carbonyl (C=O) groups is 1. The molecule has 0 spiro atoms. The summed E-state index contributed by atoms with van der Waals surface area (Å²) < 4.78 is 7.63. The monoisotopic (exact) mass is 344 g/mol. The van der Waals surface area contributed by atoms with E-state index < -0.39 is 0 Å². The molecule has 1 aromatic heterocycles. The highest BCUT2D eigenvalue weighted by Gasteiger charge is 2.33. The molecule has 1 aromatic carbocycles. The largest absolute Gasteiger partial charge is 0.508 e. The molecule has 0 saturated carbocycles. The third-order valence-corrected chi connectivity index (χ3v) is 4.71. The number of ether oxygens (including phenoxy) is 1. The topological polar surface area (TPSA) is 88.4 Å². The van der Waals surface area contributed by atoms with E-state index in [0.29, 0.717) is 6.61 Å². The van der Waals surface area contributed by atoms with Crippen molar-refractivity contribution in [2.45, 2.75) is 38.5 Å². The van der Waals surface area contributed by atoms with E-state index in [2.05, 4.69) is 15.7 Å². The van der Waals surface area contributed by atoms with E-state index in [1.165, 1.54) is 0 Å². The lowest BCUT2D eigenvalue weighted by Gasteiger charge is -2.22. The number of rotatable bonds is 4. The number of nitrogens with one attached hydrogen (secondary N) is 2. The number of urea groups is 1. The molecule has 2 amide bonds. The second-order valence-electron chi connectivity index (χ2n) is 6.43. The van der Waals surface area contributed by atoms with E-state index in [1.54, 1.807) is 29.1 Å². The molecule has 0 radical (unpaired) electrons. The molecule has 1 saturated heterocycles. The van der Waals surface area contributed by atoms with Crippen molar-refractivity contribution in [2.75, 3.05) is 6.61 Å². The minimum absolute atomic E-state index is 0.0979. The van der Waals surface area contributed by atoms with Gasteiger partial charge in [0.2, 0.25) is 0 Å². The van der Waals surface area contributed by atoms with E-state index in [4.69, 9.17) is 4.74 Å². The number of hydrogen-bond donors (Lipinski definition) is 3. The Labute approximate surface area is 147 Å². The number of aromatic hydroxyl groups is 1. The van der Waals surface area contributed by atoms with Crippen LogP contribution in [0.4, 0.5) is 4.79 Å². The molecule has 1 aliphatic rings. The number of phenols is 1. The number of phenolic OH excluding ortho intramolecular Hbond substituents is 1. The van der Waals surface area contributed by atoms with Gasteiger partial charge in [-0.25, -0.2) is 4.79 Å². The fraction of sp³-hybridized carbons (Fsp3) is 0.444. The third kappa shape index (κ3) is 3.76. The highest BCUT2D eigenvalue weighted by atomic mass is 16.5. The van der Waals surface area contributed by atoms with Crippen LogP contribution in [-0.2, 0) is 11.8 Å². The van der Waals surface area contributed by atoms with Gasteiger partial charge in [0.15, 0.2) is 0 Å². The normalized spacial score (nSPS) is 21.1. The molecule has 7 nitrogen and oxygen atoms in total. The number of hydrogen-bond acceptors (Lipinski definition) is 4. The first-order valence-corrected chi connectivity index (χ1v) is 8.41. The molecular formula is C18H24N4O3. The summed E-state index contributed by atoms with van der Waals surface area (Å²) in [7, 11) is 1.89. The van der Waals surface area contributed by atoms with E-state index >= 15 is 0 Å². The van der Waals surface area contributed by atoms with Gasteiger partial charge in [0.1, 0.15) is 11.9 Å². The Bertz CT molecular complexity index is 759. The van der Waals surface area contributed by atoms with Crippen molar-refractivity contribution in [3.05, 3.63) is 47.3 Å². The number of aromatic nitrogens is 2. The van der Waals surface area contributed by atoms with Crippen molar-refractivity contribution in [1.29, 1.82) is 0 Å². The fourth-order valence-corrected chi connectivity index (χ4v) is 3.12. The first-order valence-electron chi connectivity index (χ1n) is 8.41. The molecule has 3 rings (SSSR count). The molecule has 134 valence electrons. The summed E-state index contributed by atoms with van der Waals surface area (Å²) in [4.78, 5) is 12.4. The summed E-state index contributed by atoms with van der Waals surface area (Å²) in [6.07, 6.45) is 2.37. The minimum Gasteiger partial charge on any atom is -0.508 e. The van der Waals surface area contributed by atoms with Gasteiger partial charge in [-0.2, -0.15) is 5.10 Å². The summed E-state index contributed by atoms with van der Waals surface area (Å²) in [5, 5.41) is 19.7. The summed E-state index contributed by atoms with van der Waals surface area (Å²) in [6, 6.07) is 6.31. The van der Waals surface area contributed by atoms with Gasteiger partial charge < -0.3 is 20.5 Å². The molecule has 3 N–H and O–H groups in total. The predicted molar refractivity (Wildman–Crippen MR) is 93.2 cm³/mol. The van der Waals surface area contributed by atoms with Crippen LogP contribution in [0, 0.1) is 6.92 Å². The van der Waals surface area contributed by atoms with Crippen LogP contribution in [0.3, 0.4) is 0 Å². The maximum absolute atomic E-state index is 12.4. The van der Waals surface area contributed by atoms with Gasteiger partial charge in [0.05, 0.1) is 18.3 Å². The minimum atomic E-state index is -0.252. The average Bonchev–Trinajstić information content (AvgIpc) is 3.14. The lowest BCUT2D eigenvalue weighted by molar-refractivity contribution is 0.0992. The van der Waals surface area contributed by atoms with Gasteiger partial charge >= 0.3 is 6.03 Å². The SMILES string of the molecule is Cc1c([C@H]2OCC[C@@H]2NC(=O)N[C@H](C)c2cccc(O)c2)cnn1C. The first-order chi connectivity index (χ1) is 12.0. The third-order valence-electron chi connectivity index (χ3n) is 4.71. The zero-order valence-corrected chi connectivity index (χ0v) is 14.7. The Morgan fingerprint density at radius 1 is 1.48 bits per heavy atom. The van der Waals surface area contributed by atoms with Gasteiger partial charge in [-0.05, 0) is 38.0 Å². The van der Waals surface area contributed by atoms with Crippen LogP contribution in [0.25, 0.3) is 0 Å². The van der Waals surface area contributed by atoms with Crippen molar-refractivity contribution < 1.29 is 14.6 Å². The van der Waals surface area contributed by atoms with E-state index in [1.807, 2.05) is 27.0 Å². The van der Waals surface area contributed by atoms with Crippen LogP contribution in [0.5, 0.6) is 5.75 Å². The molecule has 7 heteroatoms. The van der Waals surface area contributed by atoms with Crippen molar-refractivity contribution in [1.82, 2.24) is 20.4 Å². The molecule has 2 heterocycles.